The first kappa shape index (κ1) is 14.5. The second kappa shape index (κ2) is 6.48. The van der Waals surface area contributed by atoms with Crippen molar-refractivity contribution in [3.63, 3.8) is 0 Å². The molecule has 0 saturated carbocycles. The molecule has 1 aliphatic rings. The third kappa shape index (κ3) is 2.80. The van der Waals surface area contributed by atoms with Crippen LogP contribution in [0.15, 0.2) is 15.9 Å². The predicted octanol–water partition coefficient (Wildman–Crippen LogP) is 3.36. The SMILES string of the molecule is CCOC1(C(NC)c2sccc2Br)CCOCC1. The summed E-state index contributed by atoms with van der Waals surface area (Å²) >= 11 is 5.40. The highest BCUT2D eigenvalue weighted by Gasteiger charge is 2.42. The summed E-state index contributed by atoms with van der Waals surface area (Å²) in [6.07, 6.45) is 1.88. The van der Waals surface area contributed by atoms with Gasteiger partial charge in [-0.05, 0) is 41.3 Å². The molecule has 2 heterocycles. The van der Waals surface area contributed by atoms with Gasteiger partial charge in [-0.3, -0.25) is 0 Å². The van der Waals surface area contributed by atoms with Gasteiger partial charge in [0.05, 0.1) is 11.6 Å². The highest BCUT2D eigenvalue weighted by atomic mass is 79.9. The van der Waals surface area contributed by atoms with Crippen molar-refractivity contribution in [2.24, 2.45) is 0 Å². The molecular formula is C13H20BrNO2S. The van der Waals surface area contributed by atoms with E-state index in [4.69, 9.17) is 9.47 Å². The highest BCUT2D eigenvalue weighted by molar-refractivity contribution is 9.10. The zero-order chi connectivity index (χ0) is 13.0. The first-order chi connectivity index (χ1) is 8.73. The second-order valence-corrected chi connectivity index (χ2v) is 6.27. The summed E-state index contributed by atoms with van der Waals surface area (Å²) in [5.41, 5.74) is -0.144. The monoisotopic (exact) mass is 333 g/mol. The molecule has 0 aliphatic carbocycles. The fourth-order valence-corrected chi connectivity index (χ4v) is 4.48. The van der Waals surface area contributed by atoms with Crippen LogP contribution < -0.4 is 5.32 Å². The van der Waals surface area contributed by atoms with Gasteiger partial charge in [-0.25, -0.2) is 0 Å². The number of hydrogen-bond donors (Lipinski definition) is 1. The summed E-state index contributed by atoms with van der Waals surface area (Å²) in [4.78, 5) is 1.31. The van der Waals surface area contributed by atoms with Crippen molar-refractivity contribution >= 4 is 27.3 Å². The number of likely N-dealkylation sites (N-methyl/N-ethyl adjacent to an activating group) is 1. The maximum Gasteiger partial charge on any atom is 0.0928 e. The van der Waals surface area contributed by atoms with Gasteiger partial charge in [-0.1, -0.05) is 0 Å². The molecule has 1 aliphatic heterocycles. The van der Waals surface area contributed by atoms with Gasteiger partial charge in [0.25, 0.3) is 0 Å². The van der Waals surface area contributed by atoms with Crippen LogP contribution in [0.2, 0.25) is 0 Å². The molecule has 1 aromatic heterocycles. The molecule has 0 bridgehead atoms. The van der Waals surface area contributed by atoms with Gasteiger partial charge < -0.3 is 14.8 Å². The van der Waals surface area contributed by atoms with Crippen LogP contribution in [-0.2, 0) is 9.47 Å². The summed E-state index contributed by atoms with van der Waals surface area (Å²) in [6, 6.07) is 2.32. The fourth-order valence-electron chi connectivity index (χ4n) is 2.67. The average molecular weight is 334 g/mol. The van der Waals surface area contributed by atoms with E-state index < -0.39 is 0 Å². The quantitative estimate of drug-likeness (QED) is 0.896. The van der Waals surface area contributed by atoms with E-state index in [0.29, 0.717) is 0 Å². The molecule has 18 heavy (non-hydrogen) atoms. The molecule has 1 aromatic rings. The average Bonchev–Trinajstić information content (AvgIpc) is 2.78. The van der Waals surface area contributed by atoms with Crippen LogP contribution in [0.1, 0.15) is 30.7 Å². The van der Waals surface area contributed by atoms with Crippen LogP contribution in [0.25, 0.3) is 0 Å². The van der Waals surface area contributed by atoms with Crippen LogP contribution in [-0.4, -0.2) is 32.5 Å². The molecule has 102 valence electrons. The van der Waals surface area contributed by atoms with Crippen LogP contribution in [0, 0.1) is 0 Å². The fraction of sp³-hybridized carbons (Fsp3) is 0.692. The van der Waals surface area contributed by atoms with Gasteiger partial charge >= 0.3 is 0 Å². The Bertz CT molecular complexity index is 371. The lowest BCUT2D eigenvalue weighted by molar-refractivity contribution is -0.126. The van der Waals surface area contributed by atoms with Crippen LogP contribution in [0.4, 0.5) is 0 Å². The minimum absolute atomic E-state index is 0.144. The van der Waals surface area contributed by atoms with E-state index in [0.717, 1.165) is 37.1 Å². The molecule has 2 rings (SSSR count). The van der Waals surface area contributed by atoms with E-state index in [2.05, 4.69) is 39.6 Å². The standard InChI is InChI=1S/C13H20BrNO2S/c1-3-17-13(5-7-16-8-6-13)12(15-2)11-10(14)4-9-18-11/h4,9,12,15H,3,5-8H2,1-2H3. The maximum atomic E-state index is 6.15. The van der Waals surface area contributed by atoms with Crippen LogP contribution >= 0.6 is 27.3 Å². The van der Waals surface area contributed by atoms with Crippen molar-refractivity contribution in [1.82, 2.24) is 5.32 Å². The molecule has 1 atom stereocenters. The second-order valence-electron chi connectivity index (χ2n) is 4.46. The molecule has 1 fully saturated rings. The summed E-state index contributed by atoms with van der Waals surface area (Å²) in [6.45, 7) is 4.36. The molecule has 0 spiro atoms. The topological polar surface area (TPSA) is 30.5 Å². The molecule has 1 unspecified atom stereocenters. The molecule has 1 N–H and O–H groups in total. The van der Waals surface area contributed by atoms with Gasteiger partial charge in [-0.15, -0.1) is 11.3 Å². The Kier molecular flexibility index (Phi) is 5.21. The molecule has 5 heteroatoms. The Labute approximate surface area is 121 Å². The van der Waals surface area contributed by atoms with Gasteiger partial charge in [0.1, 0.15) is 0 Å². The Morgan fingerprint density at radius 2 is 2.28 bits per heavy atom. The predicted molar refractivity (Wildman–Crippen MR) is 78.2 cm³/mol. The molecule has 0 aromatic carbocycles. The van der Waals surface area contributed by atoms with Crippen LogP contribution in [0.5, 0.6) is 0 Å². The Balaban J connectivity index is 2.29. The van der Waals surface area contributed by atoms with E-state index in [1.165, 1.54) is 4.88 Å². The van der Waals surface area contributed by atoms with E-state index >= 15 is 0 Å². The Morgan fingerprint density at radius 3 is 2.78 bits per heavy atom. The number of hydrogen-bond acceptors (Lipinski definition) is 4. The summed E-state index contributed by atoms with van der Waals surface area (Å²) in [7, 11) is 2.01. The molecule has 0 radical (unpaired) electrons. The normalized spacial score (nSPS) is 20.8. The first-order valence-corrected chi connectivity index (χ1v) is 8.02. The van der Waals surface area contributed by atoms with E-state index in [-0.39, 0.29) is 11.6 Å². The first-order valence-electron chi connectivity index (χ1n) is 6.35. The van der Waals surface area contributed by atoms with Crippen molar-refractivity contribution < 1.29 is 9.47 Å². The largest absolute Gasteiger partial charge is 0.381 e. The van der Waals surface area contributed by atoms with Gasteiger partial charge in [0.2, 0.25) is 0 Å². The maximum absolute atomic E-state index is 6.15. The molecule has 0 amide bonds. The summed E-state index contributed by atoms with van der Waals surface area (Å²) in [5, 5.41) is 5.55. The van der Waals surface area contributed by atoms with Gasteiger partial charge in [0.15, 0.2) is 0 Å². The minimum atomic E-state index is -0.144. The van der Waals surface area contributed by atoms with Gasteiger partial charge in [-0.2, -0.15) is 0 Å². The van der Waals surface area contributed by atoms with E-state index in [1.54, 1.807) is 11.3 Å². The smallest absolute Gasteiger partial charge is 0.0928 e. The summed E-state index contributed by atoms with van der Waals surface area (Å²) < 4.78 is 12.8. The molecular weight excluding hydrogens is 314 g/mol. The number of nitrogens with one attached hydrogen (secondary N) is 1. The van der Waals surface area contributed by atoms with Crippen molar-refractivity contribution in [2.45, 2.75) is 31.4 Å². The van der Waals surface area contributed by atoms with Crippen molar-refractivity contribution in [2.75, 3.05) is 26.9 Å². The lowest BCUT2D eigenvalue weighted by atomic mass is 9.85. The van der Waals surface area contributed by atoms with E-state index in [9.17, 15) is 0 Å². The Morgan fingerprint density at radius 1 is 1.56 bits per heavy atom. The lowest BCUT2D eigenvalue weighted by Gasteiger charge is -2.42. The van der Waals surface area contributed by atoms with Gasteiger partial charge in [0, 0.05) is 42.0 Å². The molecule has 1 saturated heterocycles. The van der Waals surface area contributed by atoms with Crippen molar-refractivity contribution in [1.29, 1.82) is 0 Å². The number of halogens is 1. The Hall–Kier alpha value is 0.0600. The highest BCUT2D eigenvalue weighted by Crippen LogP contribution is 2.42. The van der Waals surface area contributed by atoms with Crippen molar-refractivity contribution in [3.05, 3.63) is 20.8 Å². The van der Waals surface area contributed by atoms with E-state index in [1.807, 2.05) is 7.05 Å². The number of rotatable bonds is 5. The number of thiophene rings is 1. The zero-order valence-electron chi connectivity index (χ0n) is 10.9. The summed E-state index contributed by atoms with van der Waals surface area (Å²) in [5.74, 6) is 0. The van der Waals surface area contributed by atoms with Crippen molar-refractivity contribution in [3.8, 4) is 0 Å². The lowest BCUT2D eigenvalue weighted by Crippen LogP contribution is -2.49. The molecule has 3 nitrogen and oxygen atoms in total. The number of ether oxygens (including phenoxy) is 2. The van der Waals surface area contributed by atoms with Crippen LogP contribution in [0.3, 0.4) is 0 Å². The third-order valence-corrected chi connectivity index (χ3v) is 5.43. The zero-order valence-corrected chi connectivity index (χ0v) is 13.3. The minimum Gasteiger partial charge on any atom is -0.381 e. The third-order valence-electron chi connectivity index (χ3n) is 3.49.